The summed E-state index contributed by atoms with van der Waals surface area (Å²) in [5, 5.41) is 2.31. The van der Waals surface area contributed by atoms with E-state index in [1.165, 1.54) is 43.5 Å². The molecule has 0 atom stereocenters. The van der Waals surface area contributed by atoms with Crippen LogP contribution >= 0.6 is 35.0 Å². The molecule has 218 valence electrons. The summed E-state index contributed by atoms with van der Waals surface area (Å²) in [5.74, 6) is -1.90. The molecular weight excluding hydrogens is 607 g/mol. The first-order valence-corrected chi connectivity index (χ1v) is 14.2. The number of imide groups is 1. The van der Waals surface area contributed by atoms with Crippen molar-refractivity contribution < 1.29 is 37.9 Å². The summed E-state index contributed by atoms with van der Waals surface area (Å²) in [7, 11) is 1.24. The maximum atomic E-state index is 12.9. The number of hydrogen-bond acceptors (Lipinski definition) is 9. The highest BCUT2D eigenvalue weighted by atomic mass is 35.5. The first kappa shape index (κ1) is 30.9. The van der Waals surface area contributed by atoms with Crippen molar-refractivity contribution >= 4 is 75.7 Å². The van der Waals surface area contributed by atoms with Crippen LogP contribution in [0, 0.1) is 0 Å². The molecule has 2 heterocycles. The van der Waals surface area contributed by atoms with Gasteiger partial charge in [-0.25, -0.2) is 9.59 Å². The van der Waals surface area contributed by atoms with Crippen molar-refractivity contribution in [1.82, 2.24) is 4.90 Å². The Balaban J connectivity index is 1.42. The van der Waals surface area contributed by atoms with E-state index in [2.05, 4.69) is 5.32 Å². The number of nitrogens with zero attached hydrogens (tertiary/aromatic N) is 1. The monoisotopic (exact) mass is 630 g/mol. The van der Waals surface area contributed by atoms with Crippen molar-refractivity contribution in [2.45, 2.75) is 19.8 Å². The summed E-state index contributed by atoms with van der Waals surface area (Å²) in [6.45, 7) is 1.65. The third-order valence-electron chi connectivity index (χ3n) is 5.93. The van der Waals surface area contributed by atoms with Gasteiger partial charge in [-0.05, 0) is 66.7 Å². The minimum Gasteiger partial charge on any atom is -0.465 e. The number of anilines is 1. The number of amides is 3. The number of esters is 2. The van der Waals surface area contributed by atoms with Crippen LogP contribution in [0.4, 0.5) is 10.5 Å². The zero-order valence-electron chi connectivity index (χ0n) is 22.4. The Bertz CT molecular complexity index is 1600. The fraction of sp³-hybridized carbons (Fsp3) is 0.207. The number of rotatable bonds is 10. The van der Waals surface area contributed by atoms with Gasteiger partial charge in [0.15, 0.2) is 0 Å². The molecule has 3 aromatic rings. The van der Waals surface area contributed by atoms with E-state index in [0.29, 0.717) is 29.5 Å². The minimum absolute atomic E-state index is 0.0589. The molecule has 1 saturated heterocycles. The second-order valence-electron chi connectivity index (χ2n) is 8.89. The van der Waals surface area contributed by atoms with E-state index in [-0.39, 0.29) is 44.1 Å². The van der Waals surface area contributed by atoms with Gasteiger partial charge in [-0.2, -0.15) is 0 Å². The number of methoxy groups -OCH3 is 1. The van der Waals surface area contributed by atoms with E-state index >= 15 is 0 Å². The molecule has 1 aliphatic rings. The largest absolute Gasteiger partial charge is 0.465 e. The Hall–Kier alpha value is -4.06. The van der Waals surface area contributed by atoms with E-state index in [1.807, 2.05) is 6.92 Å². The van der Waals surface area contributed by atoms with Crippen LogP contribution in [0.25, 0.3) is 17.4 Å². The summed E-state index contributed by atoms with van der Waals surface area (Å²) < 4.78 is 15.7. The molecular formula is C29H24Cl2N2O8S. The van der Waals surface area contributed by atoms with E-state index < -0.39 is 35.5 Å². The number of benzene rings is 2. The predicted molar refractivity (Wildman–Crippen MR) is 158 cm³/mol. The quantitative estimate of drug-likeness (QED) is 0.148. The summed E-state index contributed by atoms with van der Waals surface area (Å²) in [4.78, 5) is 63.3. The van der Waals surface area contributed by atoms with E-state index in [9.17, 15) is 24.0 Å². The number of unbranched alkanes of at least 4 members (excludes halogenated alkanes) is 1. The number of thioether (sulfide) groups is 1. The number of halogens is 2. The summed E-state index contributed by atoms with van der Waals surface area (Å²) in [6, 6.07) is 12.2. The van der Waals surface area contributed by atoms with Crippen LogP contribution in [0.15, 0.2) is 57.9 Å². The number of hydrogen-bond donors (Lipinski definition) is 1. The molecule has 0 saturated carbocycles. The predicted octanol–water partition coefficient (Wildman–Crippen LogP) is 6.67. The van der Waals surface area contributed by atoms with Gasteiger partial charge >= 0.3 is 11.9 Å². The highest BCUT2D eigenvalue weighted by molar-refractivity contribution is 8.18. The molecule has 2 aromatic carbocycles. The molecule has 1 fully saturated rings. The van der Waals surface area contributed by atoms with E-state index in [0.717, 1.165) is 11.3 Å². The Morgan fingerprint density at radius 3 is 2.43 bits per heavy atom. The van der Waals surface area contributed by atoms with Crippen LogP contribution in [0.5, 0.6) is 0 Å². The summed E-state index contributed by atoms with van der Waals surface area (Å²) in [5.41, 5.74) is 1.03. The van der Waals surface area contributed by atoms with Gasteiger partial charge < -0.3 is 19.2 Å². The fourth-order valence-corrected chi connectivity index (χ4v) is 4.99. The van der Waals surface area contributed by atoms with Crippen molar-refractivity contribution in [2.75, 3.05) is 25.6 Å². The second kappa shape index (κ2) is 13.7. The molecule has 0 spiro atoms. The van der Waals surface area contributed by atoms with Crippen LogP contribution in [-0.2, 0) is 19.1 Å². The first-order chi connectivity index (χ1) is 20.1. The smallest absolute Gasteiger partial charge is 0.339 e. The zero-order valence-corrected chi connectivity index (χ0v) is 24.7. The van der Waals surface area contributed by atoms with Crippen molar-refractivity contribution in [3.8, 4) is 11.3 Å². The third kappa shape index (κ3) is 7.22. The van der Waals surface area contributed by atoms with Crippen LogP contribution in [-0.4, -0.2) is 54.2 Å². The average molecular weight is 631 g/mol. The molecule has 0 aliphatic carbocycles. The van der Waals surface area contributed by atoms with Crippen molar-refractivity contribution in [3.63, 3.8) is 0 Å². The highest BCUT2D eigenvalue weighted by Gasteiger charge is 2.36. The number of furan rings is 1. The summed E-state index contributed by atoms with van der Waals surface area (Å²) >= 11 is 12.9. The molecule has 3 amide bonds. The molecule has 4 rings (SSSR count). The van der Waals surface area contributed by atoms with Crippen molar-refractivity contribution in [3.05, 3.63) is 80.4 Å². The van der Waals surface area contributed by atoms with E-state index in [1.54, 1.807) is 18.2 Å². The maximum Gasteiger partial charge on any atom is 0.339 e. The summed E-state index contributed by atoms with van der Waals surface area (Å²) in [6.07, 6.45) is 2.94. The van der Waals surface area contributed by atoms with Crippen LogP contribution < -0.4 is 5.32 Å². The number of nitrogens with one attached hydrogen (secondary N) is 1. The van der Waals surface area contributed by atoms with Crippen molar-refractivity contribution in [2.24, 2.45) is 0 Å². The zero-order chi connectivity index (χ0) is 30.4. The fourth-order valence-electron chi connectivity index (χ4n) is 3.79. The molecule has 0 radical (unpaired) electrons. The van der Waals surface area contributed by atoms with E-state index in [4.69, 9.17) is 37.1 Å². The molecule has 10 nitrogen and oxygen atoms in total. The van der Waals surface area contributed by atoms with Gasteiger partial charge in [0, 0.05) is 17.3 Å². The maximum absolute atomic E-state index is 12.9. The van der Waals surface area contributed by atoms with Gasteiger partial charge in [0.2, 0.25) is 5.91 Å². The number of carbonyl (C=O) groups is 5. The second-order valence-corrected chi connectivity index (χ2v) is 10.7. The van der Waals surface area contributed by atoms with Gasteiger partial charge in [0.05, 0.1) is 39.8 Å². The lowest BCUT2D eigenvalue weighted by Gasteiger charge is -2.13. The van der Waals surface area contributed by atoms with Gasteiger partial charge in [-0.15, -0.1) is 0 Å². The topological polar surface area (TPSA) is 132 Å². The third-order valence-corrected chi connectivity index (χ3v) is 7.50. The number of carbonyl (C=O) groups excluding carboxylic acids is 5. The Kier molecular flexibility index (Phi) is 10.1. The normalized spacial score (nSPS) is 13.9. The highest BCUT2D eigenvalue weighted by Crippen LogP contribution is 2.34. The lowest BCUT2D eigenvalue weighted by Crippen LogP contribution is -2.36. The van der Waals surface area contributed by atoms with Crippen LogP contribution in [0.2, 0.25) is 10.0 Å². The average Bonchev–Trinajstić information content (AvgIpc) is 3.54. The van der Waals surface area contributed by atoms with Gasteiger partial charge in [-0.1, -0.05) is 36.5 Å². The van der Waals surface area contributed by atoms with Gasteiger partial charge in [0.25, 0.3) is 11.1 Å². The van der Waals surface area contributed by atoms with Crippen molar-refractivity contribution in [1.29, 1.82) is 0 Å². The molecule has 42 heavy (non-hydrogen) atoms. The molecule has 0 bridgehead atoms. The Morgan fingerprint density at radius 1 is 1.00 bits per heavy atom. The lowest BCUT2D eigenvalue weighted by atomic mass is 10.1. The standard InChI is InChI=1S/C29H24Cl2N2O8S/c1-3-4-11-40-28(37)20-13-17(6-9-22(20)31)32-25(34)15-33-26(35)24(42-29(33)38)14-18-7-10-23(41-18)16-5-8-21(30)19(12-16)27(36)39-2/h5-10,12-14H,3-4,11,15H2,1-2H3,(H,32,34)/b24-14+. The van der Waals surface area contributed by atoms with Gasteiger partial charge in [-0.3, -0.25) is 19.3 Å². The molecule has 1 N–H and O–H groups in total. The van der Waals surface area contributed by atoms with Crippen LogP contribution in [0.3, 0.4) is 0 Å². The van der Waals surface area contributed by atoms with Crippen LogP contribution in [0.1, 0.15) is 46.2 Å². The number of ether oxygens (including phenoxy) is 2. The Labute approximate surface area is 254 Å². The van der Waals surface area contributed by atoms with Gasteiger partial charge in [0.1, 0.15) is 18.1 Å². The molecule has 1 aliphatic heterocycles. The molecule has 1 aromatic heterocycles. The Morgan fingerprint density at radius 2 is 1.71 bits per heavy atom. The lowest BCUT2D eigenvalue weighted by molar-refractivity contribution is -0.127. The SMILES string of the molecule is CCCCOC(=O)c1cc(NC(=O)CN2C(=O)S/C(=C/c3ccc(-c4ccc(Cl)c(C(=O)OC)c4)o3)C2=O)ccc1Cl. The molecule has 13 heteroatoms. The molecule has 0 unspecified atom stereocenters. The minimum atomic E-state index is -0.672. The first-order valence-electron chi connectivity index (χ1n) is 12.6.